The van der Waals surface area contributed by atoms with E-state index in [2.05, 4.69) is 10.3 Å². The molecule has 1 aliphatic rings. The third-order valence-corrected chi connectivity index (χ3v) is 3.79. The first kappa shape index (κ1) is 16.8. The fraction of sp³-hybridized carbons (Fsp3) is 0.667. The number of nitrogens with zero attached hydrogens (tertiary/aromatic N) is 1. The zero-order valence-electron chi connectivity index (χ0n) is 12.0. The van der Waals surface area contributed by atoms with Crippen molar-refractivity contribution in [2.24, 2.45) is 5.73 Å². The van der Waals surface area contributed by atoms with Crippen LogP contribution in [0.25, 0.3) is 0 Å². The van der Waals surface area contributed by atoms with Crippen molar-refractivity contribution in [3.63, 3.8) is 0 Å². The van der Waals surface area contributed by atoms with E-state index < -0.39 is 41.9 Å². The Morgan fingerprint density at radius 2 is 2.18 bits per heavy atom. The number of nitrogens with two attached hydrogens (primary N) is 1. The van der Waals surface area contributed by atoms with Gasteiger partial charge in [0.15, 0.2) is 5.72 Å². The summed E-state index contributed by atoms with van der Waals surface area (Å²) in [4.78, 5) is 25.9. The van der Waals surface area contributed by atoms with E-state index in [1.807, 2.05) is 0 Å². The number of aromatic amines is 1. The zero-order chi connectivity index (χ0) is 16.5. The van der Waals surface area contributed by atoms with Gasteiger partial charge in [0.2, 0.25) is 0 Å². The summed E-state index contributed by atoms with van der Waals surface area (Å²) < 4.78 is 6.41. The number of hydrogen-bond acceptors (Lipinski definition) is 8. The minimum atomic E-state index is -1.77. The summed E-state index contributed by atoms with van der Waals surface area (Å²) in [6, 6.07) is 0. The number of rotatable bonds is 5. The van der Waals surface area contributed by atoms with Crippen LogP contribution in [0.3, 0.4) is 0 Å². The molecule has 4 atom stereocenters. The summed E-state index contributed by atoms with van der Waals surface area (Å²) in [5.41, 5.74) is 2.71. The second-order valence-electron chi connectivity index (χ2n) is 5.14. The standard InChI is InChI=1S/C12H20N4O6/c1-14-2-6-3-16(11(21)15-10(6)20)12(5-13)9(19)8(18)7(4-17)22-12/h3,7-9,14,17-19H,2,4-5,13H2,1H3,(H,15,20,21)/t7-,8-,9-,12-/m1/s1. The Balaban J connectivity index is 2.59. The van der Waals surface area contributed by atoms with E-state index in [1.165, 1.54) is 6.20 Å². The molecule has 0 radical (unpaired) electrons. The first-order chi connectivity index (χ1) is 10.4. The Kier molecular flexibility index (Phi) is 4.80. The number of nitrogens with one attached hydrogen (secondary N) is 2. The topological polar surface area (TPSA) is 163 Å². The fourth-order valence-electron chi connectivity index (χ4n) is 2.59. The van der Waals surface area contributed by atoms with E-state index in [9.17, 15) is 24.9 Å². The molecule has 1 aromatic rings. The molecular weight excluding hydrogens is 296 g/mol. The van der Waals surface area contributed by atoms with Gasteiger partial charge in [-0.1, -0.05) is 0 Å². The van der Waals surface area contributed by atoms with Crippen LogP contribution in [0.5, 0.6) is 0 Å². The molecular formula is C12H20N4O6. The first-order valence-electron chi connectivity index (χ1n) is 6.76. The largest absolute Gasteiger partial charge is 0.394 e. The van der Waals surface area contributed by atoms with Gasteiger partial charge in [-0.15, -0.1) is 0 Å². The second kappa shape index (κ2) is 6.28. The number of aromatic nitrogens is 2. The van der Waals surface area contributed by atoms with Crippen molar-refractivity contribution >= 4 is 0 Å². The Labute approximate surface area is 125 Å². The number of H-pyrrole nitrogens is 1. The third kappa shape index (κ3) is 2.49. The highest BCUT2D eigenvalue weighted by Gasteiger charge is 2.55. The Morgan fingerprint density at radius 1 is 1.50 bits per heavy atom. The zero-order valence-corrected chi connectivity index (χ0v) is 12.0. The van der Waals surface area contributed by atoms with Crippen LogP contribution < -0.4 is 22.3 Å². The SMILES string of the molecule is CNCc1cn([C@]2(CN)O[C@H](CO)[C@@H](O)[C@H]2O)c(=O)[nH]c1=O. The molecule has 22 heavy (non-hydrogen) atoms. The molecule has 0 amide bonds. The number of aliphatic hydroxyl groups is 3. The molecule has 2 heterocycles. The normalized spacial score (nSPS) is 31.6. The summed E-state index contributed by atoms with van der Waals surface area (Å²) >= 11 is 0. The summed E-state index contributed by atoms with van der Waals surface area (Å²) in [5, 5.41) is 32.1. The third-order valence-electron chi connectivity index (χ3n) is 3.79. The fourth-order valence-corrected chi connectivity index (χ4v) is 2.59. The molecule has 0 bridgehead atoms. The van der Waals surface area contributed by atoms with Gasteiger partial charge in [0, 0.05) is 24.8 Å². The molecule has 1 aromatic heterocycles. The first-order valence-corrected chi connectivity index (χ1v) is 6.76. The number of ether oxygens (including phenoxy) is 1. The van der Waals surface area contributed by atoms with Crippen molar-refractivity contribution < 1.29 is 20.1 Å². The molecule has 2 rings (SSSR count). The van der Waals surface area contributed by atoms with Gasteiger partial charge < -0.3 is 31.1 Å². The lowest BCUT2D eigenvalue weighted by Gasteiger charge is -2.32. The van der Waals surface area contributed by atoms with Crippen molar-refractivity contribution in [1.82, 2.24) is 14.9 Å². The predicted molar refractivity (Wildman–Crippen MR) is 75.1 cm³/mol. The van der Waals surface area contributed by atoms with E-state index in [-0.39, 0.29) is 18.7 Å². The molecule has 0 aliphatic carbocycles. The monoisotopic (exact) mass is 316 g/mol. The van der Waals surface area contributed by atoms with Crippen LogP contribution >= 0.6 is 0 Å². The van der Waals surface area contributed by atoms with Crippen molar-refractivity contribution in [1.29, 1.82) is 0 Å². The van der Waals surface area contributed by atoms with Crippen LogP contribution in [0, 0.1) is 0 Å². The van der Waals surface area contributed by atoms with Gasteiger partial charge in [0.25, 0.3) is 5.56 Å². The molecule has 10 nitrogen and oxygen atoms in total. The molecule has 7 N–H and O–H groups in total. The Morgan fingerprint density at radius 3 is 2.68 bits per heavy atom. The lowest BCUT2D eigenvalue weighted by atomic mass is 10.0. The molecule has 0 saturated carbocycles. The molecule has 1 aliphatic heterocycles. The smallest absolute Gasteiger partial charge is 0.330 e. The summed E-state index contributed by atoms with van der Waals surface area (Å²) in [7, 11) is 1.63. The molecule has 0 aromatic carbocycles. The maximum Gasteiger partial charge on any atom is 0.330 e. The van der Waals surface area contributed by atoms with Crippen LogP contribution in [0.15, 0.2) is 15.8 Å². The van der Waals surface area contributed by atoms with Gasteiger partial charge in [-0.3, -0.25) is 14.3 Å². The molecule has 10 heteroatoms. The minimum absolute atomic E-state index is 0.179. The van der Waals surface area contributed by atoms with Crippen LogP contribution in [0.1, 0.15) is 5.56 Å². The summed E-state index contributed by atoms with van der Waals surface area (Å²) in [5.74, 6) is 0. The predicted octanol–water partition coefficient (Wildman–Crippen LogP) is -4.02. The van der Waals surface area contributed by atoms with Gasteiger partial charge >= 0.3 is 5.69 Å². The van der Waals surface area contributed by atoms with Gasteiger partial charge in [-0.2, -0.15) is 0 Å². The van der Waals surface area contributed by atoms with E-state index in [0.717, 1.165) is 4.57 Å². The highest BCUT2D eigenvalue weighted by atomic mass is 16.6. The van der Waals surface area contributed by atoms with Crippen LogP contribution in [0.4, 0.5) is 0 Å². The van der Waals surface area contributed by atoms with Gasteiger partial charge in [0.1, 0.15) is 18.3 Å². The quantitative estimate of drug-likeness (QED) is 0.320. The lowest BCUT2D eigenvalue weighted by molar-refractivity contribution is -0.143. The van der Waals surface area contributed by atoms with Gasteiger partial charge in [-0.25, -0.2) is 4.79 Å². The number of aliphatic hydroxyl groups excluding tert-OH is 3. The average Bonchev–Trinajstić information content (AvgIpc) is 2.75. The molecule has 1 fully saturated rings. The lowest BCUT2D eigenvalue weighted by Crippen LogP contribution is -2.56. The number of hydrogen-bond donors (Lipinski definition) is 6. The van der Waals surface area contributed by atoms with E-state index in [0.29, 0.717) is 0 Å². The van der Waals surface area contributed by atoms with Crippen molar-refractivity contribution in [3.05, 3.63) is 32.6 Å². The maximum atomic E-state index is 12.1. The molecule has 124 valence electrons. The minimum Gasteiger partial charge on any atom is -0.394 e. The molecule has 0 unspecified atom stereocenters. The van der Waals surface area contributed by atoms with Gasteiger partial charge in [-0.05, 0) is 7.05 Å². The molecule has 0 spiro atoms. The average molecular weight is 316 g/mol. The summed E-state index contributed by atoms with van der Waals surface area (Å²) in [6.45, 7) is -0.716. The summed E-state index contributed by atoms with van der Waals surface area (Å²) in [6.07, 6.45) is -2.83. The molecule has 1 saturated heterocycles. The van der Waals surface area contributed by atoms with E-state index in [4.69, 9.17) is 10.5 Å². The Bertz CT molecular complexity index is 643. The van der Waals surface area contributed by atoms with Gasteiger partial charge in [0.05, 0.1) is 6.61 Å². The van der Waals surface area contributed by atoms with Crippen LogP contribution in [0.2, 0.25) is 0 Å². The van der Waals surface area contributed by atoms with Crippen molar-refractivity contribution in [2.75, 3.05) is 20.2 Å². The van der Waals surface area contributed by atoms with Crippen LogP contribution in [-0.2, 0) is 17.0 Å². The van der Waals surface area contributed by atoms with Crippen molar-refractivity contribution in [3.8, 4) is 0 Å². The van der Waals surface area contributed by atoms with E-state index in [1.54, 1.807) is 7.05 Å². The Hall–Kier alpha value is -1.56. The van der Waals surface area contributed by atoms with E-state index >= 15 is 0 Å². The van der Waals surface area contributed by atoms with Crippen LogP contribution in [-0.4, -0.2) is 63.4 Å². The highest BCUT2D eigenvalue weighted by molar-refractivity contribution is 5.09. The second-order valence-corrected chi connectivity index (χ2v) is 5.14. The maximum absolute atomic E-state index is 12.1. The highest BCUT2D eigenvalue weighted by Crippen LogP contribution is 2.33. The van der Waals surface area contributed by atoms with Crippen molar-refractivity contribution in [2.45, 2.75) is 30.6 Å².